The van der Waals surface area contributed by atoms with Gasteiger partial charge < -0.3 is 0 Å². The van der Waals surface area contributed by atoms with Crippen molar-refractivity contribution in [2.45, 2.75) is 19.8 Å². The van der Waals surface area contributed by atoms with Crippen LogP contribution in [-0.4, -0.2) is 26.7 Å². The highest BCUT2D eigenvalue weighted by Crippen LogP contribution is 2.36. The SMILES string of the molecule is CC(C)c1scc(P(C)C)c1P(C)C. The fourth-order valence-electron chi connectivity index (χ4n) is 1.53. The van der Waals surface area contributed by atoms with Crippen molar-refractivity contribution in [2.75, 3.05) is 26.7 Å². The van der Waals surface area contributed by atoms with Crippen molar-refractivity contribution < 1.29 is 0 Å². The molecule has 0 nitrogen and oxygen atoms in total. The molecule has 1 aromatic heterocycles. The van der Waals surface area contributed by atoms with E-state index < -0.39 is 0 Å². The van der Waals surface area contributed by atoms with Crippen LogP contribution in [0.4, 0.5) is 0 Å². The molecule has 1 aromatic rings. The molecule has 0 aliphatic carbocycles. The van der Waals surface area contributed by atoms with Gasteiger partial charge in [-0.15, -0.1) is 11.3 Å². The number of thiophene rings is 1. The zero-order valence-corrected chi connectivity index (χ0v) is 12.6. The second-order valence-electron chi connectivity index (χ2n) is 4.28. The van der Waals surface area contributed by atoms with Gasteiger partial charge in [-0.05, 0) is 48.6 Å². The second-order valence-corrected chi connectivity index (χ2v) is 9.70. The van der Waals surface area contributed by atoms with Gasteiger partial charge in [0.25, 0.3) is 0 Å². The van der Waals surface area contributed by atoms with E-state index in [0.717, 1.165) is 0 Å². The minimum absolute atomic E-state index is 0.0616. The van der Waals surface area contributed by atoms with E-state index in [0.29, 0.717) is 5.92 Å². The molecular formula is C11H20P2S. The Morgan fingerprint density at radius 3 is 2.00 bits per heavy atom. The molecule has 0 aliphatic heterocycles. The predicted molar refractivity (Wildman–Crippen MR) is 75.2 cm³/mol. The lowest BCUT2D eigenvalue weighted by atomic mass is 10.2. The third-order valence-corrected chi connectivity index (χ3v) is 6.70. The third kappa shape index (κ3) is 2.57. The van der Waals surface area contributed by atoms with Gasteiger partial charge in [-0.3, -0.25) is 0 Å². The molecule has 80 valence electrons. The Morgan fingerprint density at radius 1 is 1.07 bits per heavy atom. The van der Waals surface area contributed by atoms with E-state index in [1.54, 1.807) is 15.5 Å². The summed E-state index contributed by atoms with van der Waals surface area (Å²) in [5.41, 5.74) is 0. The number of rotatable bonds is 3. The van der Waals surface area contributed by atoms with Crippen LogP contribution in [0.25, 0.3) is 0 Å². The van der Waals surface area contributed by atoms with Crippen molar-refractivity contribution in [3.63, 3.8) is 0 Å². The van der Waals surface area contributed by atoms with Crippen LogP contribution < -0.4 is 10.6 Å². The van der Waals surface area contributed by atoms with Crippen molar-refractivity contribution in [3.8, 4) is 0 Å². The molecule has 0 aliphatic rings. The predicted octanol–water partition coefficient (Wildman–Crippen LogP) is 3.61. The standard InChI is InChI=1S/C11H20P2S/c1-8(2)11-10(13(5)6)9(7-14-11)12(3)4/h7-8H,1-6H3. The number of hydrogen-bond acceptors (Lipinski definition) is 1. The Balaban J connectivity index is 3.20. The molecule has 3 heteroatoms. The Kier molecular flexibility index (Phi) is 4.56. The highest BCUT2D eigenvalue weighted by atomic mass is 32.1. The van der Waals surface area contributed by atoms with Crippen LogP contribution in [0.2, 0.25) is 0 Å². The first kappa shape index (κ1) is 12.6. The summed E-state index contributed by atoms with van der Waals surface area (Å²) in [4.78, 5) is 1.63. The maximum Gasteiger partial charge on any atom is 0.0154 e. The molecule has 0 N–H and O–H groups in total. The quantitative estimate of drug-likeness (QED) is 0.715. The molecule has 0 atom stereocenters. The summed E-state index contributed by atoms with van der Waals surface area (Å²) < 4.78 is 0. The van der Waals surface area contributed by atoms with E-state index >= 15 is 0 Å². The van der Waals surface area contributed by atoms with Gasteiger partial charge >= 0.3 is 0 Å². The van der Waals surface area contributed by atoms with Crippen LogP contribution >= 0.6 is 27.2 Å². The minimum atomic E-state index is 0.0616. The fourth-order valence-corrected chi connectivity index (χ4v) is 7.22. The summed E-state index contributed by atoms with van der Waals surface area (Å²) >= 11 is 1.97. The summed E-state index contributed by atoms with van der Waals surface area (Å²) in [5.74, 6) is 0.698. The summed E-state index contributed by atoms with van der Waals surface area (Å²) in [6.07, 6.45) is 0. The average Bonchev–Trinajstić information content (AvgIpc) is 2.46. The Morgan fingerprint density at radius 2 is 1.64 bits per heavy atom. The van der Waals surface area contributed by atoms with Gasteiger partial charge in [0.05, 0.1) is 0 Å². The lowest BCUT2D eigenvalue weighted by Gasteiger charge is -2.15. The van der Waals surface area contributed by atoms with Crippen LogP contribution in [0.5, 0.6) is 0 Å². The Bertz CT molecular complexity index is 275. The normalized spacial score (nSPS) is 12.1. The van der Waals surface area contributed by atoms with E-state index in [-0.39, 0.29) is 15.8 Å². The molecular weight excluding hydrogens is 226 g/mol. The first-order chi connectivity index (χ1) is 6.45. The van der Waals surface area contributed by atoms with E-state index in [9.17, 15) is 0 Å². The maximum absolute atomic E-state index is 2.40. The largest absolute Gasteiger partial charge is 0.147 e. The van der Waals surface area contributed by atoms with Gasteiger partial charge in [0.15, 0.2) is 0 Å². The Hall–Kier alpha value is 0.560. The van der Waals surface area contributed by atoms with E-state index in [2.05, 4.69) is 45.9 Å². The molecule has 0 aromatic carbocycles. The molecule has 0 saturated heterocycles. The van der Waals surface area contributed by atoms with Crippen molar-refractivity contribution in [2.24, 2.45) is 0 Å². The molecule has 0 saturated carbocycles. The van der Waals surface area contributed by atoms with Crippen LogP contribution in [-0.2, 0) is 0 Å². The molecule has 0 unspecified atom stereocenters. The zero-order chi connectivity index (χ0) is 10.9. The van der Waals surface area contributed by atoms with E-state index in [1.807, 2.05) is 11.3 Å². The fraction of sp³-hybridized carbons (Fsp3) is 0.636. The third-order valence-electron chi connectivity index (χ3n) is 2.23. The molecule has 0 amide bonds. The van der Waals surface area contributed by atoms with Crippen LogP contribution in [0.1, 0.15) is 24.6 Å². The van der Waals surface area contributed by atoms with Gasteiger partial charge in [-0.1, -0.05) is 29.7 Å². The molecule has 1 rings (SSSR count). The van der Waals surface area contributed by atoms with Crippen LogP contribution in [0.15, 0.2) is 5.38 Å². The highest BCUT2D eigenvalue weighted by molar-refractivity contribution is 7.71. The lowest BCUT2D eigenvalue weighted by molar-refractivity contribution is 0.896. The van der Waals surface area contributed by atoms with Crippen molar-refractivity contribution in [3.05, 3.63) is 10.3 Å². The molecule has 0 radical (unpaired) electrons. The molecule has 0 spiro atoms. The summed E-state index contributed by atoms with van der Waals surface area (Å²) in [6, 6.07) is 0. The van der Waals surface area contributed by atoms with Crippen LogP contribution in [0.3, 0.4) is 0 Å². The van der Waals surface area contributed by atoms with E-state index in [1.165, 1.54) is 0 Å². The summed E-state index contributed by atoms with van der Waals surface area (Å²) in [5, 5.41) is 5.76. The van der Waals surface area contributed by atoms with Gasteiger partial charge in [-0.25, -0.2) is 0 Å². The second kappa shape index (κ2) is 5.06. The monoisotopic (exact) mass is 246 g/mol. The first-order valence-corrected chi connectivity index (χ1v) is 10.3. The average molecular weight is 246 g/mol. The molecule has 0 bridgehead atoms. The topological polar surface area (TPSA) is 0 Å². The van der Waals surface area contributed by atoms with Gasteiger partial charge in [-0.2, -0.15) is 0 Å². The summed E-state index contributed by atoms with van der Waals surface area (Å²) in [7, 11) is 0.135. The van der Waals surface area contributed by atoms with Gasteiger partial charge in [0.2, 0.25) is 0 Å². The first-order valence-electron chi connectivity index (χ1n) is 4.91. The molecule has 0 fully saturated rings. The summed E-state index contributed by atoms with van der Waals surface area (Å²) in [6.45, 7) is 14.1. The highest BCUT2D eigenvalue weighted by Gasteiger charge is 2.18. The van der Waals surface area contributed by atoms with Gasteiger partial charge in [0, 0.05) is 4.88 Å². The molecule has 14 heavy (non-hydrogen) atoms. The van der Waals surface area contributed by atoms with Crippen molar-refractivity contribution >= 4 is 37.8 Å². The van der Waals surface area contributed by atoms with Crippen molar-refractivity contribution in [1.29, 1.82) is 0 Å². The zero-order valence-electron chi connectivity index (χ0n) is 9.96. The Labute approximate surface area is 94.6 Å². The lowest BCUT2D eigenvalue weighted by Crippen LogP contribution is -2.20. The van der Waals surface area contributed by atoms with Crippen molar-refractivity contribution in [1.82, 2.24) is 0 Å². The van der Waals surface area contributed by atoms with E-state index in [4.69, 9.17) is 0 Å². The minimum Gasteiger partial charge on any atom is -0.147 e. The smallest absolute Gasteiger partial charge is 0.0154 e. The van der Waals surface area contributed by atoms with Gasteiger partial charge in [0.1, 0.15) is 0 Å². The maximum atomic E-state index is 2.40. The number of hydrogen-bond donors (Lipinski definition) is 0. The molecule has 1 heterocycles. The van der Waals surface area contributed by atoms with Crippen LogP contribution in [0, 0.1) is 0 Å².